The number of benzene rings is 3. The highest BCUT2D eigenvalue weighted by atomic mass is 35.5. The summed E-state index contributed by atoms with van der Waals surface area (Å²) >= 11 is 11.9. The maximum Gasteiger partial charge on any atom is 0.172 e. The Bertz CT molecular complexity index is 1580. The number of carbonyl (C=O) groups is 2. The fraction of sp³-hybridized carbons (Fsp3) is 0.250. The van der Waals surface area contributed by atoms with E-state index in [9.17, 15) is 30.6 Å². The summed E-state index contributed by atoms with van der Waals surface area (Å²) in [6, 6.07) is 27.8. The molecule has 0 radical (unpaired) electrons. The zero-order chi connectivity index (χ0) is 29.1. The molecular formula is C32H20Cl2N4O2. The van der Waals surface area contributed by atoms with Crippen molar-refractivity contribution < 1.29 is 9.59 Å². The molecule has 4 atom stereocenters. The molecule has 5 rings (SSSR count). The van der Waals surface area contributed by atoms with Gasteiger partial charge in [0.1, 0.15) is 0 Å². The van der Waals surface area contributed by atoms with E-state index in [0.717, 1.165) is 0 Å². The molecule has 3 aromatic rings. The molecule has 8 heteroatoms. The molecule has 2 saturated carbocycles. The molecule has 0 aromatic heterocycles. The molecule has 0 N–H and O–H groups in total. The van der Waals surface area contributed by atoms with Gasteiger partial charge in [-0.3, -0.25) is 9.59 Å². The number of hydrogen-bond donors (Lipinski definition) is 0. The van der Waals surface area contributed by atoms with Crippen molar-refractivity contribution in [3.05, 3.63) is 105 Å². The highest BCUT2D eigenvalue weighted by molar-refractivity contribution is 6.31. The van der Waals surface area contributed by atoms with Gasteiger partial charge < -0.3 is 0 Å². The first kappa shape index (κ1) is 27.1. The van der Waals surface area contributed by atoms with Gasteiger partial charge in [0, 0.05) is 33.0 Å². The maximum atomic E-state index is 13.6. The van der Waals surface area contributed by atoms with Gasteiger partial charge in [-0.25, -0.2) is 0 Å². The van der Waals surface area contributed by atoms with E-state index < -0.39 is 33.5 Å². The van der Waals surface area contributed by atoms with E-state index in [1.165, 1.54) is 0 Å². The molecule has 4 unspecified atom stereocenters. The van der Waals surface area contributed by atoms with Crippen molar-refractivity contribution in [3.63, 3.8) is 0 Å². The smallest absolute Gasteiger partial charge is 0.172 e. The van der Waals surface area contributed by atoms with Gasteiger partial charge in [0.25, 0.3) is 0 Å². The average Bonchev–Trinajstić information content (AvgIpc) is 3.77. The Labute approximate surface area is 241 Å². The molecule has 0 aliphatic heterocycles. The Morgan fingerprint density at radius 1 is 0.575 bits per heavy atom. The van der Waals surface area contributed by atoms with Crippen LogP contribution in [0.1, 0.15) is 57.5 Å². The average molecular weight is 563 g/mol. The molecule has 0 spiro atoms. The number of rotatable bonds is 6. The van der Waals surface area contributed by atoms with Crippen LogP contribution in [0.3, 0.4) is 0 Å². The molecular weight excluding hydrogens is 543 g/mol. The molecule has 2 fully saturated rings. The minimum atomic E-state index is -1.58. The molecule has 0 amide bonds. The number of nitriles is 4. The number of carbonyl (C=O) groups excluding carboxylic acids is 2. The van der Waals surface area contributed by atoms with Crippen LogP contribution in [0.2, 0.25) is 10.0 Å². The summed E-state index contributed by atoms with van der Waals surface area (Å²) < 4.78 is 0. The molecule has 0 heterocycles. The van der Waals surface area contributed by atoms with Crippen LogP contribution in [-0.2, 0) is 0 Å². The van der Waals surface area contributed by atoms with E-state index in [4.69, 9.17) is 23.2 Å². The van der Waals surface area contributed by atoms with Crippen LogP contribution in [0.4, 0.5) is 0 Å². The largest absolute Gasteiger partial charge is 0.293 e. The second-order valence-electron chi connectivity index (χ2n) is 10.7. The maximum absolute atomic E-state index is 13.6. The van der Waals surface area contributed by atoms with Gasteiger partial charge in [0.15, 0.2) is 22.4 Å². The number of nitrogens with zero attached hydrogens (tertiary/aromatic N) is 4. The normalized spacial score (nSPS) is 26.7. The van der Waals surface area contributed by atoms with Crippen LogP contribution in [-0.4, -0.2) is 11.6 Å². The third-order valence-electron chi connectivity index (χ3n) is 8.96. The Morgan fingerprint density at radius 3 is 1.10 bits per heavy atom. The van der Waals surface area contributed by atoms with E-state index in [0.29, 0.717) is 32.3 Å². The van der Waals surface area contributed by atoms with Gasteiger partial charge in [-0.2, -0.15) is 21.0 Å². The SMILES string of the molecule is CC1(C(=O)c2ccc(Cl)cc2)C(c2ccc(C3C(C#N)(C#N)C3(C)C(=O)c3ccc(Cl)cc3)cc2)C1(C#N)C#N. The lowest BCUT2D eigenvalue weighted by Gasteiger charge is -2.12. The van der Waals surface area contributed by atoms with Crippen molar-refractivity contribution in [2.45, 2.75) is 25.7 Å². The molecule has 40 heavy (non-hydrogen) atoms. The van der Waals surface area contributed by atoms with Gasteiger partial charge in [-0.1, -0.05) is 47.5 Å². The third-order valence-corrected chi connectivity index (χ3v) is 9.46. The molecule has 2 aliphatic rings. The third kappa shape index (κ3) is 3.31. The van der Waals surface area contributed by atoms with E-state index >= 15 is 0 Å². The quantitative estimate of drug-likeness (QED) is 0.296. The minimum Gasteiger partial charge on any atom is -0.293 e. The summed E-state index contributed by atoms with van der Waals surface area (Å²) in [5.74, 6) is -2.08. The van der Waals surface area contributed by atoms with Crippen molar-refractivity contribution in [2.75, 3.05) is 0 Å². The van der Waals surface area contributed by atoms with Crippen LogP contribution in [0.5, 0.6) is 0 Å². The Morgan fingerprint density at radius 2 is 0.850 bits per heavy atom. The number of Topliss-reactive ketones (excluding diaryl/α,β-unsaturated/α-hetero) is 2. The van der Waals surface area contributed by atoms with Crippen molar-refractivity contribution >= 4 is 34.8 Å². The first-order valence-corrected chi connectivity index (χ1v) is 13.1. The van der Waals surface area contributed by atoms with Crippen LogP contribution < -0.4 is 0 Å². The predicted molar refractivity (Wildman–Crippen MR) is 147 cm³/mol. The molecule has 6 nitrogen and oxygen atoms in total. The molecule has 2 aliphatic carbocycles. The Hall–Kier alpha value is -4.46. The van der Waals surface area contributed by atoms with Crippen LogP contribution in [0.25, 0.3) is 0 Å². The summed E-state index contributed by atoms with van der Waals surface area (Å²) in [7, 11) is 0. The number of ketones is 2. The lowest BCUT2D eigenvalue weighted by Crippen LogP contribution is -2.20. The summed E-state index contributed by atoms with van der Waals surface area (Å²) in [6.07, 6.45) is 0. The highest BCUT2D eigenvalue weighted by Gasteiger charge is 2.81. The monoisotopic (exact) mass is 562 g/mol. The second kappa shape index (κ2) is 9.05. The van der Waals surface area contributed by atoms with Gasteiger partial charge in [0.05, 0.1) is 35.1 Å². The van der Waals surface area contributed by atoms with E-state index in [1.807, 2.05) is 0 Å². The number of halogens is 2. The lowest BCUT2D eigenvalue weighted by molar-refractivity contribution is 0.0887. The lowest BCUT2D eigenvalue weighted by atomic mass is 9.87. The van der Waals surface area contributed by atoms with Crippen molar-refractivity contribution in [1.82, 2.24) is 0 Å². The second-order valence-corrected chi connectivity index (χ2v) is 11.5. The van der Waals surface area contributed by atoms with Crippen molar-refractivity contribution in [3.8, 4) is 24.3 Å². The minimum absolute atomic E-state index is 0.336. The molecule has 3 aromatic carbocycles. The van der Waals surface area contributed by atoms with Gasteiger partial charge in [-0.15, -0.1) is 0 Å². The first-order chi connectivity index (χ1) is 19.0. The zero-order valence-corrected chi connectivity index (χ0v) is 23.0. The van der Waals surface area contributed by atoms with Gasteiger partial charge >= 0.3 is 0 Å². The molecule has 0 bridgehead atoms. The zero-order valence-electron chi connectivity index (χ0n) is 21.4. The standard InChI is InChI=1S/C32H20Cl2N4O2/c1-29(27(39)21-7-11-23(33)12-8-21)25(31(29,15-35)16-36)19-3-5-20(6-4-19)26-30(2,32(26,17-37)18-38)28(40)22-9-13-24(34)14-10-22/h3-14,25-26H,1-2H3. The molecule has 0 saturated heterocycles. The summed E-state index contributed by atoms with van der Waals surface area (Å²) in [5.41, 5.74) is -3.85. The van der Waals surface area contributed by atoms with E-state index in [2.05, 4.69) is 24.3 Å². The summed E-state index contributed by atoms with van der Waals surface area (Å²) in [6.45, 7) is 3.24. The van der Waals surface area contributed by atoms with Gasteiger partial charge in [-0.05, 0) is 73.5 Å². The van der Waals surface area contributed by atoms with Crippen molar-refractivity contribution in [2.24, 2.45) is 21.7 Å². The first-order valence-electron chi connectivity index (χ1n) is 12.4. The number of hydrogen-bond acceptors (Lipinski definition) is 6. The summed E-state index contributed by atoms with van der Waals surface area (Å²) in [4.78, 5) is 27.1. The van der Waals surface area contributed by atoms with Crippen LogP contribution in [0, 0.1) is 67.0 Å². The topological polar surface area (TPSA) is 129 Å². The Balaban J connectivity index is 1.50. The van der Waals surface area contributed by atoms with E-state index in [1.54, 1.807) is 86.6 Å². The van der Waals surface area contributed by atoms with Gasteiger partial charge in [0.2, 0.25) is 0 Å². The molecule has 194 valence electrons. The fourth-order valence-electron chi connectivity index (χ4n) is 6.48. The highest BCUT2D eigenvalue weighted by Crippen LogP contribution is 2.76. The predicted octanol–water partition coefficient (Wildman–Crippen LogP) is 7.03. The van der Waals surface area contributed by atoms with E-state index in [-0.39, 0.29) is 11.6 Å². The van der Waals surface area contributed by atoms with Crippen LogP contribution >= 0.6 is 23.2 Å². The van der Waals surface area contributed by atoms with Crippen LogP contribution in [0.15, 0.2) is 72.8 Å². The fourth-order valence-corrected chi connectivity index (χ4v) is 6.73. The van der Waals surface area contributed by atoms with Crippen molar-refractivity contribution in [1.29, 1.82) is 21.0 Å². The Kier molecular flexibility index (Phi) is 6.13. The summed E-state index contributed by atoms with van der Waals surface area (Å²) in [5, 5.41) is 41.1.